The van der Waals surface area contributed by atoms with Crippen molar-refractivity contribution in [2.75, 3.05) is 12.4 Å². The van der Waals surface area contributed by atoms with Crippen molar-refractivity contribution in [3.8, 4) is 11.5 Å². The van der Waals surface area contributed by atoms with Gasteiger partial charge in [0.05, 0.1) is 22.8 Å². The number of ether oxygens (including phenoxy) is 2. The van der Waals surface area contributed by atoms with Crippen molar-refractivity contribution >= 4 is 51.3 Å². The van der Waals surface area contributed by atoms with Crippen molar-refractivity contribution in [2.24, 2.45) is 0 Å². The number of hydrogen-bond acceptors (Lipinski definition) is 3. The SMILES string of the molecule is COc1cc(CNc2ccc(Cl)cc2Cl)cc(Cl)c1OCc1cccc2ccccc12. The summed E-state index contributed by atoms with van der Waals surface area (Å²) in [6, 6.07) is 23.5. The second-order valence-electron chi connectivity index (χ2n) is 7.01. The zero-order valence-corrected chi connectivity index (χ0v) is 19.1. The second-order valence-corrected chi connectivity index (χ2v) is 8.26. The first-order valence-electron chi connectivity index (χ1n) is 9.70. The van der Waals surface area contributed by atoms with Gasteiger partial charge in [-0.05, 0) is 52.2 Å². The average molecular weight is 473 g/mol. The van der Waals surface area contributed by atoms with Gasteiger partial charge < -0.3 is 14.8 Å². The van der Waals surface area contributed by atoms with E-state index < -0.39 is 0 Å². The van der Waals surface area contributed by atoms with Gasteiger partial charge in [-0.2, -0.15) is 0 Å². The molecule has 0 bridgehead atoms. The summed E-state index contributed by atoms with van der Waals surface area (Å²) in [7, 11) is 1.60. The highest BCUT2D eigenvalue weighted by Crippen LogP contribution is 2.38. The Balaban J connectivity index is 1.52. The van der Waals surface area contributed by atoms with Gasteiger partial charge in [-0.15, -0.1) is 0 Å². The van der Waals surface area contributed by atoms with Crippen LogP contribution in [0, 0.1) is 0 Å². The molecule has 4 rings (SSSR count). The first-order valence-corrected chi connectivity index (χ1v) is 10.8. The summed E-state index contributed by atoms with van der Waals surface area (Å²) in [6.07, 6.45) is 0. The van der Waals surface area contributed by atoms with Crippen LogP contribution >= 0.6 is 34.8 Å². The fraction of sp³-hybridized carbons (Fsp3) is 0.120. The molecule has 0 amide bonds. The van der Waals surface area contributed by atoms with Crippen molar-refractivity contribution in [1.82, 2.24) is 0 Å². The molecule has 3 nitrogen and oxygen atoms in total. The fourth-order valence-corrected chi connectivity index (χ4v) is 4.18. The van der Waals surface area contributed by atoms with E-state index in [1.54, 1.807) is 19.2 Å². The lowest BCUT2D eigenvalue weighted by Gasteiger charge is -2.16. The van der Waals surface area contributed by atoms with Crippen LogP contribution in [0.4, 0.5) is 5.69 Å². The van der Waals surface area contributed by atoms with E-state index in [0.29, 0.717) is 39.7 Å². The Morgan fingerprint density at radius 1 is 0.839 bits per heavy atom. The third-order valence-electron chi connectivity index (χ3n) is 4.96. The molecule has 0 fully saturated rings. The minimum Gasteiger partial charge on any atom is -0.493 e. The quantitative estimate of drug-likeness (QED) is 0.295. The summed E-state index contributed by atoms with van der Waals surface area (Å²) in [5.74, 6) is 1.09. The molecule has 31 heavy (non-hydrogen) atoms. The highest BCUT2D eigenvalue weighted by molar-refractivity contribution is 6.36. The Labute approximate surface area is 196 Å². The van der Waals surface area contributed by atoms with Gasteiger partial charge in [0.2, 0.25) is 0 Å². The number of rotatable bonds is 7. The highest BCUT2D eigenvalue weighted by Gasteiger charge is 2.13. The highest BCUT2D eigenvalue weighted by atomic mass is 35.5. The number of fused-ring (bicyclic) bond motifs is 1. The summed E-state index contributed by atoms with van der Waals surface area (Å²) in [5.41, 5.74) is 2.81. The van der Waals surface area contributed by atoms with Gasteiger partial charge in [0.1, 0.15) is 6.61 Å². The zero-order chi connectivity index (χ0) is 21.8. The largest absolute Gasteiger partial charge is 0.493 e. The zero-order valence-electron chi connectivity index (χ0n) is 16.8. The van der Waals surface area contributed by atoms with Gasteiger partial charge >= 0.3 is 0 Å². The molecule has 158 valence electrons. The molecule has 0 heterocycles. The third-order valence-corrected chi connectivity index (χ3v) is 5.78. The first kappa shape index (κ1) is 21.6. The van der Waals surface area contributed by atoms with Crippen molar-refractivity contribution in [1.29, 1.82) is 0 Å². The van der Waals surface area contributed by atoms with Crippen LogP contribution in [0.1, 0.15) is 11.1 Å². The van der Waals surface area contributed by atoms with Gasteiger partial charge in [-0.3, -0.25) is 0 Å². The molecule has 1 N–H and O–H groups in total. The standard InChI is InChI=1S/C25H20Cl3NO2/c1-30-24-12-16(14-29-23-10-9-19(26)13-21(23)27)11-22(28)25(24)31-15-18-7-4-6-17-5-2-3-8-20(17)18/h2-13,29H,14-15H2,1H3. The van der Waals surface area contributed by atoms with Crippen molar-refractivity contribution in [2.45, 2.75) is 13.2 Å². The average Bonchev–Trinajstić information content (AvgIpc) is 2.77. The van der Waals surface area contributed by atoms with Crippen molar-refractivity contribution in [3.05, 3.63) is 99.0 Å². The molecular formula is C25H20Cl3NO2. The maximum atomic E-state index is 6.56. The normalized spacial score (nSPS) is 10.8. The van der Waals surface area contributed by atoms with E-state index >= 15 is 0 Å². The van der Waals surface area contributed by atoms with E-state index in [0.717, 1.165) is 22.2 Å². The molecule has 6 heteroatoms. The van der Waals surface area contributed by atoms with Crippen LogP contribution in [0.3, 0.4) is 0 Å². The van der Waals surface area contributed by atoms with Crippen LogP contribution in [0.25, 0.3) is 10.8 Å². The van der Waals surface area contributed by atoms with Crippen LogP contribution < -0.4 is 14.8 Å². The smallest absolute Gasteiger partial charge is 0.180 e. The molecule has 0 saturated carbocycles. The van der Waals surface area contributed by atoms with E-state index in [1.807, 2.05) is 36.4 Å². The topological polar surface area (TPSA) is 30.5 Å². The fourth-order valence-electron chi connectivity index (χ4n) is 3.41. The van der Waals surface area contributed by atoms with Gasteiger partial charge in [0, 0.05) is 11.6 Å². The van der Waals surface area contributed by atoms with Crippen LogP contribution in [0.2, 0.25) is 15.1 Å². The summed E-state index contributed by atoms with van der Waals surface area (Å²) < 4.78 is 11.6. The van der Waals surface area contributed by atoms with Crippen LogP contribution in [0.5, 0.6) is 11.5 Å². The summed E-state index contributed by atoms with van der Waals surface area (Å²) in [6.45, 7) is 0.899. The van der Waals surface area contributed by atoms with E-state index in [4.69, 9.17) is 44.3 Å². The van der Waals surface area contributed by atoms with Crippen molar-refractivity contribution < 1.29 is 9.47 Å². The Kier molecular flexibility index (Phi) is 6.77. The van der Waals surface area contributed by atoms with Crippen LogP contribution in [-0.2, 0) is 13.2 Å². The molecule has 0 aliphatic rings. The van der Waals surface area contributed by atoms with E-state index in [-0.39, 0.29) is 0 Å². The van der Waals surface area contributed by atoms with Gasteiger partial charge in [0.15, 0.2) is 11.5 Å². The first-order chi connectivity index (χ1) is 15.0. The van der Waals surface area contributed by atoms with E-state index in [2.05, 4.69) is 29.6 Å². The molecule has 4 aromatic rings. The molecule has 4 aromatic carbocycles. The maximum Gasteiger partial charge on any atom is 0.180 e. The number of methoxy groups -OCH3 is 1. The van der Waals surface area contributed by atoms with E-state index in [1.165, 1.54) is 5.39 Å². The monoisotopic (exact) mass is 471 g/mol. The summed E-state index contributed by atoms with van der Waals surface area (Å²) in [4.78, 5) is 0. The van der Waals surface area contributed by atoms with Crippen molar-refractivity contribution in [3.63, 3.8) is 0 Å². The molecule has 0 radical (unpaired) electrons. The Morgan fingerprint density at radius 2 is 1.65 bits per heavy atom. The molecule has 0 aliphatic carbocycles. The predicted molar refractivity (Wildman–Crippen MR) is 130 cm³/mol. The second kappa shape index (κ2) is 9.69. The number of nitrogens with one attached hydrogen (secondary N) is 1. The molecular weight excluding hydrogens is 453 g/mol. The van der Waals surface area contributed by atoms with E-state index in [9.17, 15) is 0 Å². The number of anilines is 1. The lowest BCUT2D eigenvalue weighted by Crippen LogP contribution is -2.03. The lowest BCUT2D eigenvalue weighted by molar-refractivity contribution is 0.285. The molecule has 0 atom stereocenters. The summed E-state index contributed by atoms with van der Waals surface area (Å²) >= 11 is 18.7. The molecule has 0 aromatic heterocycles. The maximum absolute atomic E-state index is 6.56. The van der Waals surface area contributed by atoms with Gasteiger partial charge in [0.25, 0.3) is 0 Å². The Hall–Kier alpha value is -2.59. The number of hydrogen-bond donors (Lipinski definition) is 1. The van der Waals surface area contributed by atoms with Gasteiger partial charge in [-0.1, -0.05) is 77.3 Å². The predicted octanol–water partition coefficient (Wildman–Crippen LogP) is 8.00. The molecule has 0 aliphatic heterocycles. The number of halogens is 3. The lowest BCUT2D eigenvalue weighted by atomic mass is 10.1. The summed E-state index contributed by atoms with van der Waals surface area (Å²) in [5, 5.41) is 7.24. The third kappa shape index (κ3) is 5.01. The minimum atomic E-state index is 0.384. The van der Waals surface area contributed by atoms with Crippen LogP contribution in [0.15, 0.2) is 72.8 Å². The Morgan fingerprint density at radius 3 is 2.45 bits per heavy atom. The molecule has 0 unspecified atom stereocenters. The van der Waals surface area contributed by atoms with Gasteiger partial charge in [-0.25, -0.2) is 0 Å². The molecule has 0 saturated heterocycles. The number of benzene rings is 4. The van der Waals surface area contributed by atoms with Crippen LogP contribution in [-0.4, -0.2) is 7.11 Å². The molecule has 0 spiro atoms. The Bertz CT molecular complexity index is 1220. The minimum absolute atomic E-state index is 0.384.